The summed E-state index contributed by atoms with van der Waals surface area (Å²) in [6.45, 7) is -0.977. The summed E-state index contributed by atoms with van der Waals surface area (Å²) >= 11 is 0. The van der Waals surface area contributed by atoms with Crippen molar-refractivity contribution in [1.29, 1.82) is 0 Å². The van der Waals surface area contributed by atoms with Gasteiger partial charge in [-0.2, -0.15) is 30.7 Å². The van der Waals surface area contributed by atoms with Gasteiger partial charge in [-0.15, -0.1) is 0 Å². The zero-order valence-corrected chi connectivity index (χ0v) is 18.2. The van der Waals surface area contributed by atoms with Crippen LogP contribution in [0.4, 0.5) is 35.1 Å². The summed E-state index contributed by atoms with van der Waals surface area (Å²) in [6, 6.07) is 14.3. The molecule has 0 aliphatic carbocycles. The van der Waals surface area contributed by atoms with Crippen LogP contribution in [-0.4, -0.2) is 36.5 Å². The number of aliphatic hydroxyl groups excluding tert-OH is 1. The maximum atomic E-state index is 13.4. The van der Waals surface area contributed by atoms with E-state index in [2.05, 4.69) is 10.1 Å². The molecule has 0 radical (unpaired) electrons. The van der Waals surface area contributed by atoms with E-state index in [1.165, 1.54) is 48.5 Å². The van der Waals surface area contributed by atoms with Gasteiger partial charge < -0.3 is 19.9 Å². The number of alkyl halides is 7. The fourth-order valence-corrected chi connectivity index (χ4v) is 3.13. The molecule has 36 heavy (non-hydrogen) atoms. The number of ether oxygens (including phenoxy) is 2. The summed E-state index contributed by atoms with van der Waals surface area (Å²) in [5.41, 5.74) is 0.354. The molecule has 0 amide bonds. The minimum Gasteiger partial charge on any atom is -0.457 e. The number of hydrogen-bond donors (Lipinski definition) is 2. The molecule has 0 spiro atoms. The largest absolute Gasteiger partial charge is 0.461 e. The maximum absolute atomic E-state index is 13.4. The van der Waals surface area contributed by atoms with Crippen LogP contribution in [0.5, 0.6) is 17.2 Å². The number of benzene rings is 3. The minimum absolute atomic E-state index is 0.0749. The van der Waals surface area contributed by atoms with Gasteiger partial charge in [0, 0.05) is 6.54 Å². The lowest BCUT2D eigenvalue weighted by molar-refractivity contribution is -0.253. The van der Waals surface area contributed by atoms with Gasteiger partial charge in [-0.1, -0.05) is 24.3 Å². The van der Waals surface area contributed by atoms with Gasteiger partial charge in [-0.05, 0) is 59.7 Å². The summed E-state index contributed by atoms with van der Waals surface area (Å²) in [6.07, 6.45) is -16.6. The molecule has 3 aromatic rings. The molecule has 0 saturated heterocycles. The van der Waals surface area contributed by atoms with Crippen molar-refractivity contribution in [3.63, 3.8) is 0 Å². The molecule has 4 nitrogen and oxygen atoms in total. The van der Waals surface area contributed by atoms with Crippen LogP contribution in [0.15, 0.2) is 72.8 Å². The van der Waals surface area contributed by atoms with Crippen LogP contribution in [0.3, 0.4) is 0 Å². The summed E-state index contributed by atoms with van der Waals surface area (Å²) in [7, 11) is 0. The summed E-state index contributed by atoms with van der Waals surface area (Å²) < 4.78 is 113. The number of aliphatic hydroxyl groups is 1. The van der Waals surface area contributed by atoms with Crippen LogP contribution >= 0.6 is 0 Å². The Morgan fingerprint density at radius 3 is 1.89 bits per heavy atom. The van der Waals surface area contributed by atoms with E-state index < -0.39 is 49.0 Å². The fourth-order valence-electron chi connectivity index (χ4n) is 3.13. The summed E-state index contributed by atoms with van der Waals surface area (Å²) in [5.74, 6) is -0.683. The molecule has 2 N–H and O–H groups in total. The van der Waals surface area contributed by atoms with Gasteiger partial charge >= 0.3 is 18.7 Å². The third kappa shape index (κ3) is 7.31. The molecule has 0 aliphatic rings. The second-order valence-electron chi connectivity index (χ2n) is 7.56. The van der Waals surface area contributed by atoms with Gasteiger partial charge in [0.05, 0.1) is 6.04 Å². The van der Waals surface area contributed by atoms with Gasteiger partial charge in [-0.3, -0.25) is 0 Å². The topological polar surface area (TPSA) is 50.7 Å². The molecule has 3 rings (SSSR count). The minimum atomic E-state index is -4.94. The maximum Gasteiger partial charge on any atom is 0.461 e. The highest BCUT2D eigenvalue weighted by atomic mass is 19.4. The van der Waals surface area contributed by atoms with Crippen LogP contribution in [0.1, 0.15) is 17.2 Å². The first-order valence-electron chi connectivity index (χ1n) is 10.3. The Hall–Kier alpha value is -3.38. The highest BCUT2D eigenvalue weighted by Gasteiger charge is 2.44. The van der Waals surface area contributed by atoms with E-state index in [9.17, 15) is 40.2 Å². The average molecular weight is 521 g/mol. The third-order valence-electron chi connectivity index (χ3n) is 4.83. The Bertz CT molecular complexity index is 1140. The molecule has 194 valence electrons. The number of halogens is 8. The monoisotopic (exact) mass is 521 g/mol. The van der Waals surface area contributed by atoms with E-state index in [1.54, 1.807) is 0 Å². The van der Waals surface area contributed by atoms with Crippen molar-refractivity contribution in [2.75, 3.05) is 6.54 Å². The van der Waals surface area contributed by atoms with E-state index in [0.717, 1.165) is 24.3 Å². The summed E-state index contributed by atoms with van der Waals surface area (Å²) in [5, 5.41) is 11.9. The van der Waals surface area contributed by atoms with E-state index >= 15 is 0 Å². The lowest BCUT2D eigenvalue weighted by Crippen LogP contribution is -2.40. The van der Waals surface area contributed by atoms with E-state index in [0.29, 0.717) is 0 Å². The highest BCUT2D eigenvalue weighted by molar-refractivity contribution is 5.41. The van der Waals surface area contributed by atoms with Gasteiger partial charge in [0.1, 0.15) is 23.1 Å². The van der Waals surface area contributed by atoms with Crippen molar-refractivity contribution in [3.05, 3.63) is 89.7 Å². The van der Waals surface area contributed by atoms with E-state index in [-0.39, 0.29) is 22.6 Å². The fraction of sp³-hybridized carbons (Fsp3) is 0.250. The number of hydrogen-bond acceptors (Lipinski definition) is 4. The quantitative estimate of drug-likeness (QED) is 0.301. The lowest BCUT2D eigenvalue weighted by Gasteiger charge is -2.24. The normalized spacial score (nSPS) is 13.9. The van der Waals surface area contributed by atoms with Crippen molar-refractivity contribution in [2.24, 2.45) is 0 Å². The lowest BCUT2D eigenvalue weighted by atomic mass is 9.98. The van der Waals surface area contributed by atoms with Crippen molar-refractivity contribution in [3.8, 4) is 17.2 Å². The zero-order valence-electron chi connectivity index (χ0n) is 18.2. The molecular formula is C24H19F8NO3. The van der Waals surface area contributed by atoms with Crippen LogP contribution in [0, 0.1) is 5.82 Å². The van der Waals surface area contributed by atoms with E-state index in [1.807, 2.05) is 0 Å². The van der Waals surface area contributed by atoms with Crippen LogP contribution in [0.25, 0.3) is 0 Å². The standard InChI is InChI=1S/C24H19F8NO3/c25-16-7-9-17(10-8-16)35-18-5-1-3-14(11-18)21(33-13-20(34)23(28,29)30)15-4-2-6-19(12-15)36-24(31,32)22(26)27/h1-12,20-22,33-34H,13H2. The Morgan fingerprint density at radius 1 is 0.778 bits per heavy atom. The molecule has 0 bridgehead atoms. The Labute approximate surface area is 200 Å². The molecule has 0 aliphatic heterocycles. The molecule has 3 aromatic carbocycles. The predicted molar refractivity (Wildman–Crippen MR) is 113 cm³/mol. The van der Waals surface area contributed by atoms with Crippen molar-refractivity contribution < 1.29 is 49.7 Å². The zero-order chi connectivity index (χ0) is 26.5. The van der Waals surface area contributed by atoms with Crippen LogP contribution < -0.4 is 14.8 Å². The van der Waals surface area contributed by atoms with Crippen molar-refractivity contribution >= 4 is 0 Å². The molecule has 0 aromatic heterocycles. The van der Waals surface area contributed by atoms with Gasteiger partial charge in [0.2, 0.25) is 0 Å². The molecule has 0 fully saturated rings. The second-order valence-corrected chi connectivity index (χ2v) is 7.56. The molecule has 12 heteroatoms. The Morgan fingerprint density at radius 2 is 1.33 bits per heavy atom. The third-order valence-corrected chi connectivity index (χ3v) is 4.83. The smallest absolute Gasteiger partial charge is 0.457 e. The first-order valence-corrected chi connectivity index (χ1v) is 10.3. The van der Waals surface area contributed by atoms with Gasteiger partial charge in [0.15, 0.2) is 6.10 Å². The number of nitrogens with one attached hydrogen (secondary N) is 1. The second kappa shape index (κ2) is 11.1. The van der Waals surface area contributed by atoms with Crippen molar-refractivity contribution in [1.82, 2.24) is 5.32 Å². The SMILES string of the molecule is OC(CNC(c1cccc(Oc2ccc(F)cc2)c1)c1cccc(OC(F)(F)C(F)F)c1)C(F)(F)F. The van der Waals surface area contributed by atoms with Gasteiger partial charge in [0.25, 0.3) is 0 Å². The molecule has 0 saturated carbocycles. The Balaban J connectivity index is 1.93. The highest BCUT2D eigenvalue weighted by Crippen LogP contribution is 2.33. The van der Waals surface area contributed by atoms with Gasteiger partial charge in [-0.25, -0.2) is 4.39 Å². The van der Waals surface area contributed by atoms with Crippen LogP contribution in [-0.2, 0) is 0 Å². The molecule has 0 heterocycles. The van der Waals surface area contributed by atoms with E-state index in [4.69, 9.17) is 4.74 Å². The predicted octanol–water partition coefficient (Wildman–Crippen LogP) is 6.46. The molecular weight excluding hydrogens is 502 g/mol. The van der Waals surface area contributed by atoms with Crippen LogP contribution in [0.2, 0.25) is 0 Å². The van der Waals surface area contributed by atoms with Crippen molar-refractivity contribution in [2.45, 2.75) is 30.9 Å². The number of rotatable bonds is 10. The Kier molecular flexibility index (Phi) is 8.41. The first-order chi connectivity index (χ1) is 16.8. The summed E-state index contributed by atoms with van der Waals surface area (Å²) in [4.78, 5) is 0. The first kappa shape index (κ1) is 27.2. The average Bonchev–Trinajstić information content (AvgIpc) is 2.80. The molecule has 2 atom stereocenters. The molecule has 2 unspecified atom stereocenters.